The fourth-order valence-corrected chi connectivity index (χ4v) is 2.80. The van der Waals surface area contributed by atoms with E-state index in [1.54, 1.807) is 6.26 Å². The van der Waals surface area contributed by atoms with Crippen LogP contribution in [0.5, 0.6) is 0 Å². The van der Waals surface area contributed by atoms with Gasteiger partial charge in [0.15, 0.2) is 0 Å². The third-order valence-corrected chi connectivity index (χ3v) is 4.73. The highest BCUT2D eigenvalue weighted by Crippen LogP contribution is 2.04. The number of primary amides is 1. The zero-order chi connectivity index (χ0) is 24.8. The molecule has 0 aliphatic rings. The van der Waals surface area contributed by atoms with Crippen molar-refractivity contribution >= 4 is 47.3 Å². The van der Waals surface area contributed by atoms with E-state index in [0.717, 1.165) is 0 Å². The molecule has 0 aliphatic heterocycles. The van der Waals surface area contributed by atoms with Crippen LogP contribution in [0.2, 0.25) is 0 Å². The molecule has 4 unspecified atom stereocenters. The van der Waals surface area contributed by atoms with Gasteiger partial charge in [-0.15, -0.1) is 0 Å². The first-order valence-corrected chi connectivity index (χ1v) is 10.8. The molecule has 0 fully saturated rings. The van der Waals surface area contributed by atoms with Gasteiger partial charge in [-0.1, -0.05) is 0 Å². The van der Waals surface area contributed by atoms with Gasteiger partial charge in [0.05, 0.1) is 19.1 Å². The molecule has 4 atom stereocenters. The summed E-state index contributed by atoms with van der Waals surface area (Å²) in [5.74, 6) is -6.04. The topological polar surface area (TPSA) is 251 Å². The second kappa shape index (κ2) is 15.0. The maximum Gasteiger partial charge on any atom is 0.326 e. The molecule has 32 heavy (non-hydrogen) atoms. The van der Waals surface area contributed by atoms with Gasteiger partial charge in [0.2, 0.25) is 23.6 Å². The SMILES string of the molecule is CSCCC(NC(=O)C(CO)NC(=O)C(N)CCC(N)=O)C(=O)NC(CC(=O)O)C(=O)O. The van der Waals surface area contributed by atoms with Gasteiger partial charge in [0.25, 0.3) is 0 Å². The van der Waals surface area contributed by atoms with E-state index in [1.807, 2.05) is 5.32 Å². The Hall–Kier alpha value is -2.91. The van der Waals surface area contributed by atoms with E-state index in [-0.39, 0.29) is 19.3 Å². The van der Waals surface area contributed by atoms with Crippen molar-refractivity contribution in [2.75, 3.05) is 18.6 Å². The molecule has 0 radical (unpaired) electrons. The monoisotopic (exact) mass is 479 g/mol. The van der Waals surface area contributed by atoms with Gasteiger partial charge >= 0.3 is 11.9 Å². The minimum absolute atomic E-state index is 0.0579. The maximum atomic E-state index is 12.5. The van der Waals surface area contributed by atoms with Crippen molar-refractivity contribution in [2.45, 2.75) is 49.9 Å². The summed E-state index contributed by atoms with van der Waals surface area (Å²) in [6, 6.07) is -5.64. The van der Waals surface area contributed by atoms with Gasteiger partial charge in [-0.3, -0.25) is 24.0 Å². The Morgan fingerprint density at radius 3 is 1.88 bits per heavy atom. The van der Waals surface area contributed by atoms with E-state index in [4.69, 9.17) is 21.7 Å². The molecule has 10 N–H and O–H groups in total. The van der Waals surface area contributed by atoms with Crippen molar-refractivity contribution in [3.05, 3.63) is 0 Å². The van der Waals surface area contributed by atoms with E-state index in [2.05, 4.69) is 10.6 Å². The van der Waals surface area contributed by atoms with E-state index in [1.165, 1.54) is 11.8 Å². The molecule has 15 heteroatoms. The van der Waals surface area contributed by atoms with E-state index >= 15 is 0 Å². The van der Waals surface area contributed by atoms with Crippen molar-refractivity contribution in [3.63, 3.8) is 0 Å². The van der Waals surface area contributed by atoms with Crippen molar-refractivity contribution in [2.24, 2.45) is 11.5 Å². The zero-order valence-electron chi connectivity index (χ0n) is 17.4. The Kier molecular flexibility index (Phi) is 13.6. The number of hydrogen-bond donors (Lipinski definition) is 8. The minimum atomic E-state index is -1.72. The predicted molar refractivity (Wildman–Crippen MR) is 112 cm³/mol. The number of hydrogen-bond acceptors (Lipinski definition) is 9. The Bertz CT molecular complexity index is 706. The molecular formula is C17H29N5O9S. The first-order valence-electron chi connectivity index (χ1n) is 9.42. The molecule has 0 aromatic carbocycles. The number of aliphatic hydroxyl groups is 1. The fraction of sp³-hybridized carbons (Fsp3) is 0.647. The number of aliphatic carboxylic acids is 2. The normalized spacial score (nSPS) is 14.3. The summed E-state index contributed by atoms with van der Waals surface area (Å²) in [5.41, 5.74) is 10.6. The highest BCUT2D eigenvalue weighted by Gasteiger charge is 2.30. The number of nitrogens with one attached hydrogen (secondary N) is 3. The summed E-state index contributed by atoms with van der Waals surface area (Å²) in [6.45, 7) is -0.840. The number of rotatable bonds is 16. The minimum Gasteiger partial charge on any atom is -0.481 e. The van der Waals surface area contributed by atoms with Crippen LogP contribution >= 0.6 is 11.8 Å². The number of carbonyl (C=O) groups is 6. The lowest BCUT2D eigenvalue weighted by Gasteiger charge is -2.24. The Labute approximate surface area is 187 Å². The standard InChI is InChI=1S/C17H29N5O9S/c1-32-5-4-9(15(28)21-10(17(30)31)6-13(25)26)20-16(29)11(7-23)22-14(27)8(18)2-3-12(19)24/h8-11,23H,2-7,18H2,1H3,(H2,19,24)(H,20,29)(H,21,28)(H,22,27)(H,25,26)(H,30,31). The summed E-state index contributed by atoms with van der Waals surface area (Å²) in [7, 11) is 0. The molecule has 182 valence electrons. The number of carbonyl (C=O) groups excluding carboxylic acids is 4. The molecule has 0 heterocycles. The van der Waals surface area contributed by atoms with Crippen LogP contribution in [0, 0.1) is 0 Å². The summed E-state index contributed by atoms with van der Waals surface area (Å²) >= 11 is 1.33. The Morgan fingerprint density at radius 2 is 1.41 bits per heavy atom. The lowest BCUT2D eigenvalue weighted by Crippen LogP contribution is -2.58. The van der Waals surface area contributed by atoms with Crippen LogP contribution in [-0.4, -0.2) is 93.7 Å². The van der Waals surface area contributed by atoms with Gasteiger partial charge in [-0.25, -0.2) is 4.79 Å². The van der Waals surface area contributed by atoms with Crippen LogP contribution in [0.1, 0.15) is 25.7 Å². The molecule has 0 saturated heterocycles. The molecule has 0 bridgehead atoms. The number of aliphatic hydroxyl groups excluding tert-OH is 1. The molecule has 0 saturated carbocycles. The first kappa shape index (κ1) is 29.1. The van der Waals surface area contributed by atoms with Gasteiger partial charge in [0.1, 0.15) is 18.1 Å². The van der Waals surface area contributed by atoms with Crippen molar-refractivity contribution in [3.8, 4) is 0 Å². The lowest BCUT2D eigenvalue weighted by atomic mass is 10.1. The predicted octanol–water partition coefficient (Wildman–Crippen LogP) is -3.66. The zero-order valence-corrected chi connectivity index (χ0v) is 18.2. The highest BCUT2D eigenvalue weighted by molar-refractivity contribution is 7.98. The van der Waals surface area contributed by atoms with Crippen LogP contribution in [0.3, 0.4) is 0 Å². The highest BCUT2D eigenvalue weighted by atomic mass is 32.2. The van der Waals surface area contributed by atoms with Gasteiger partial charge in [0, 0.05) is 6.42 Å². The molecule has 0 aliphatic carbocycles. The maximum absolute atomic E-state index is 12.5. The van der Waals surface area contributed by atoms with E-state index in [0.29, 0.717) is 5.75 Å². The quantitative estimate of drug-likeness (QED) is 0.107. The van der Waals surface area contributed by atoms with Crippen LogP contribution in [0.25, 0.3) is 0 Å². The number of carboxylic acids is 2. The van der Waals surface area contributed by atoms with Crippen LogP contribution in [0.15, 0.2) is 0 Å². The van der Waals surface area contributed by atoms with Crippen molar-refractivity contribution in [1.82, 2.24) is 16.0 Å². The number of amides is 4. The first-order chi connectivity index (χ1) is 14.9. The molecule has 0 rings (SSSR count). The second-order valence-corrected chi connectivity index (χ2v) is 7.68. The molecule has 0 spiro atoms. The average molecular weight is 480 g/mol. The van der Waals surface area contributed by atoms with E-state index < -0.39 is 72.8 Å². The van der Waals surface area contributed by atoms with Gasteiger partial charge in [-0.05, 0) is 24.9 Å². The second-order valence-electron chi connectivity index (χ2n) is 6.70. The van der Waals surface area contributed by atoms with Crippen LogP contribution in [0.4, 0.5) is 0 Å². The number of thioether (sulfide) groups is 1. The largest absolute Gasteiger partial charge is 0.481 e. The van der Waals surface area contributed by atoms with Gasteiger partial charge < -0.3 is 42.7 Å². The average Bonchev–Trinajstić information content (AvgIpc) is 2.71. The van der Waals surface area contributed by atoms with Crippen molar-refractivity contribution < 1.29 is 44.1 Å². The van der Waals surface area contributed by atoms with E-state index in [9.17, 15) is 33.9 Å². The summed E-state index contributed by atoms with van der Waals surface area (Å²) in [6.07, 6.45) is 0.666. The van der Waals surface area contributed by atoms with Crippen LogP contribution < -0.4 is 27.4 Å². The molecule has 0 aromatic rings. The Morgan fingerprint density at radius 1 is 0.875 bits per heavy atom. The summed E-state index contributed by atoms with van der Waals surface area (Å²) in [5, 5.41) is 33.8. The number of nitrogens with two attached hydrogens (primary N) is 2. The Balaban J connectivity index is 5.20. The summed E-state index contributed by atoms with van der Waals surface area (Å²) in [4.78, 5) is 69.8. The number of carboxylic acid groups (broad SMARTS) is 2. The molecular weight excluding hydrogens is 450 g/mol. The third-order valence-electron chi connectivity index (χ3n) is 4.09. The molecule has 14 nitrogen and oxygen atoms in total. The van der Waals surface area contributed by atoms with Crippen molar-refractivity contribution in [1.29, 1.82) is 0 Å². The smallest absolute Gasteiger partial charge is 0.326 e. The molecule has 4 amide bonds. The lowest BCUT2D eigenvalue weighted by molar-refractivity contribution is -0.147. The summed E-state index contributed by atoms with van der Waals surface area (Å²) < 4.78 is 0. The molecule has 0 aromatic heterocycles. The van der Waals surface area contributed by atoms with Crippen LogP contribution in [-0.2, 0) is 28.8 Å². The van der Waals surface area contributed by atoms with Gasteiger partial charge in [-0.2, -0.15) is 11.8 Å². The fourth-order valence-electron chi connectivity index (χ4n) is 2.33. The third kappa shape index (κ3) is 11.5.